The van der Waals surface area contributed by atoms with Gasteiger partial charge in [0.1, 0.15) is 6.10 Å². The van der Waals surface area contributed by atoms with Crippen molar-refractivity contribution in [1.82, 2.24) is 0 Å². The standard InChI is InChI=1S/C10H13FO3/c1-13-6-8(12)7-4-3-5-9(14-2)10(7)11/h3-5,8,12H,6H2,1-2H3. The fourth-order valence-electron chi connectivity index (χ4n) is 1.19. The van der Waals surface area contributed by atoms with Crippen LogP contribution in [0.1, 0.15) is 11.7 Å². The predicted octanol–water partition coefficient (Wildman–Crippen LogP) is 1.51. The number of methoxy groups -OCH3 is 2. The molecule has 3 nitrogen and oxygen atoms in total. The van der Waals surface area contributed by atoms with Crippen LogP contribution in [-0.2, 0) is 4.74 Å². The molecule has 0 aliphatic carbocycles. The van der Waals surface area contributed by atoms with Crippen LogP contribution < -0.4 is 4.74 Å². The molecular weight excluding hydrogens is 187 g/mol. The maximum absolute atomic E-state index is 13.5. The van der Waals surface area contributed by atoms with Gasteiger partial charge in [-0.1, -0.05) is 12.1 Å². The Labute approximate surface area is 82.1 Å². The number of halogens is 1. The number of aliphatic hydroxyl groups is 1. The van der Waals surface area contributed by atoms with Crippen molar-refractivity contribution >= 4 is 0 Å². The van der Waals surface area contributed by atoms with Gasteiger partial charge in [0.15, 0.2) is 11.6 Å². The second-order valence-electron chi connectivity index (χ2n) is 2.83. The van der Waals surface area contributed by atoms with Crippen molar-refractivity contribution in [1.29, 1.82) is 0 Å². The molecule has 1 unspecified atom stereocenters. The van der Waals surface area contributed by atoms with Gasteiger partial charge in [-0.05, 0) is 6.07 Å². The maximum Gasteiger partial charge on any atom is 0.170 e. The van der Waals surface area contributed by atoms with E-state index in [-0.39, 0.29) is 17.9 Å². The van der Waals surface area contributed by atoms with Gasteiger partial charge in [-0.25, -0.2) is 4.39 Å². The second kappa shape index (κ2) is 4.93. The van der Waals surface area contributed by atoms with E-state index in [2.05, 4.69) is 0 Å². The first kappa shape index (κ1) is 10.9. The summed E-state index contributed by atoms with van der Waals surface area (Å²) in [5.41, 5.74) is 0.186. The van der Waals surface area contributed by atoms with Gasteiger partial charge in [0.2, 0.25) is 0 Å². The van der Waals surface area contributed by atoms with Crippen molar-refractivity contribution in [3.63, 3.8) is 0 Å². The molecule has 0 saturated heterocycles. The molecule has 0 heterocycles. The van der Waals surface area contributed by atoms with Crippen LogP contribution in [0.2, 0.25) is 0 Å². The lowest BCUT2D eigenvalue weighted by atomic mass is 10.1. The highest BCUT2D eigenvalue weighted by Gasteiger charge is 2.15. The number of aliphatic hydroxyl groups excluding tert-OH is 1. The number of hydrogen-bond acceptors (Lipinski definition) is 3. The van der Waals surface area contributed by atoms with Gasteiger partial charge in [0.05, 0.1) is 13.7 Å². The van der Waals surface area contributed by atoms with E-state index in [1.807, 2.05) is 0 Å². The quantitative estimate of drug-likeness (QED) is 0.800. The lowest BCUT2D eigenvalue weighted by molar-refractivity contribution is 0.0618. The lowest BCUT2D eigenvalue weighted by Gasteiger charge is -2.12. The van der Waals surface area contributed by atoms with Gasteiger partial charge in [0, 0.05) is 12.7 Å². The van der Waals surface area contributed by atoms with Gasteiger partial charge >= 0.3 is 0 Å². The molecule has 0 aliphatic heterocycles. The molecule has 0 bridgehead atoms. The predicted molar refractivity (Wildman–Crippen MR) is 49.8 cm³/mol. The average molecular weight is 200 g/mol. The third kappa shape index (κ3) is 2.21. The van der Waals surface area contributed by atoms with Crippen LogP contribution in [0.15, 0.2) is 18.2 Å². The monoisotopic (exact) mass is 200 g/mol. The summed E-state index contributed by atoms with van der Waals surface area (Å²) in [4.78, 5) is 0. The van der Waals surface area contributed by atoms with Crippen LogP contribution in [0.4, 0.5) is 4.39 Å². The highest BCUT2D eigenvalue weighted by atomic mass is 19.1. The lowest BCUT2D eigenvalue weighted by Crippen LogP contribution is -2.07. The van der Waals surface area contributed by atoms with E-state index >= 15 is 0 Å². The van der Waals surface area contributed by atoms with Crippen molar-refractivity contribution in [3.8, 4) is 5.75 Å². The highest BCUT2D eigenvalue weighted by Crippen LogP contribution is 2.24. The van der Waals surface area contributed by atoms with E-state index in [4.69, 9.17) is 9.47 Å². The summed E-state index contributed by atoms with van der Waals surface area (Å²) in [6.45, 7) is 0.0596. The van der Waals surface area contributed by atoms with Crippen LogP contribution in [0.5, 0.6) is 5.75 Å². The van der Waals surface area contributed by atoms with Crippen LogP contribution in [0.25, 0.3) is 0 Å². The van der Waals surface area contributed by atoms with Crippen molar-refractivity contribution in [3.05, 3.63) is 29.6 Å². The first-order valence-corrected chi connectivity index (χ1v) is 4.20. The topological polar surface area (TPSA) is 38.7 Å². The zero-order valence-corrected chi connectivity index (χ0v) is 8.16. The van der Waals surface area contributed by atoms with E-state index in [0.29, 0.717) is 0 Å². The number of hydrogen-bond donors (Lipinski definition) is 1. The highest BCUT2D eigenvalue weighted by molar-refractivity contribution is 5.32. The molecule has 0 aliphatic rings. The van der Waals surface area contributed by atoms with Crippen molar-refractivity contribution < 1.29 is 19.0 Å². The average Bonchev–Trinajstić information content (AvgIpc) is 2.18. The molecule has 1 rings (SSSR count). The third-order valence-corrected chi connectivity index (χ3v) is 1.90. The van der Waals surface area contributed by atoms with Crippen molar-refractivity contribution in [2.75, 3.05) is 20.8 Å². The molecule has 0 aromatic heterocycles. The number of rotatable bonds is 4. The van der Waals surface area contributed by atoms with E-state index in [1.165, 1.54) is 26.4 Å². The molecular formula is C10H13FO3. The van der Waals surface area contributed by atoms with Gasteiger partial charge in [-0.2, -0.15) is 0 Å². The molecule has 1 aromatic rings. The molecule has 1 N–H and O–H groups in total. The molecule has 14 heavy (non-hydrogen) atoms. The molecule has 0 radical (unpaired) electrons. The van der Waals surface area contributed by atoms with E-state index in [0.717, 1.165) is 0 Å². The Morgan fingerprint density at radius 2 is 2.14 bits per heavy atom. The maximum atomic E-state index is 13.5. The van der Waals surface area contributed by atoms with E-state index in [9.17, 15) is 9.50 Å². The van der Waals surface area contributed by atoms with Crippen LogP contribution in [-0.4, -0.2) is 25.9 Å². The van der Waals surface area contributed by atoms with E-state index < -0.39 is 11.9 Å². The Balaban J connectivity index is 2.96. The summed E-state index contributed by atoms with van der Waals surface area (Å²) in [5, 5.41) is 9.50. The van der Waals surface area contributed by atoms with Gasteiger partial charge in [0.25, 0.3) is 0 Å². The van der Waals surface area contributed by atoms with Gasteiger partial charge < -0.3 is 14.6 Å². The first-order valence-electron chi connectivity index (χ1n) is 4.20. The molecule has 0 spiro atoms. The molecule has 1 atom stereocenters. The second-order valence-corrected chi connectivity index (χ2v) is 2.83. The summed E-state index contributed by atoms with van der Waals surface area (Å²) in [7, 11) is 2.83. The smallest absolute Gasteiger partial charge is 0.170 e. The normalized spacial score (nSPS) is 12.6. The Hall–Kier alpha value is -1.13. The molecule has 0 saturated carbocycles. The zero-order chi connectivity index (χ0) is 10.6. The number of benzene rings is 1. The summed E-state index contributed by atoms with van der Waals surface area (Å²) in [5.74, 6) is -0.419. The van der Waals surface area contributed by atoms with Crippen molar-refractivity contribution in [2.45, 2.75) is 6.10 Å². The minimum absolute atomic E-state index is 0.0596. The van der Waals surface area contributed by atoms with E-state index in [1.54, 1.807) is 6.07 Å². The Kier molecular flexibility index (Phi) is 3.85. The van der Waals surface area contributed by atoms with Crippen molar-refractivity contribution in [2.24, 2.45) is 0 Å². The van der Waals surface area contributed by atoms with Crippen LogP contribution in [0, 0.1) is 5.82 Å². The summed E-state index contributed by atoms with van der Waals surface area (Å²) in [6, 6.07) is 4.62. The summed E-state index contributed by atoms with van der Waals surface area (Å²) >= 11 is 0. The molecule has 78 valence electrons. The van der Waals surface area contributed by atoms with Gasteiger partial charge in [-0.15, -0.1) is 0 Å². The number of ether oxygens (including phenoxy) is 2. The fraction of sp³-hybridized carbons (Fsp3) is 0.400. The Morgan fingerprint density at radius 1 is 1.43 bits per heavy atom. The van der Waals surface area contributed by atoms with Crippen LogP contribution in [0.3, 0.4) is 0 Å². The fourth-order valence-corrected chi connectivity index (χ4v) is 1.19. The zero-order valence-electron chi connectivity index (χ0n) is 8.16. The molecule has 4 heteroatoms. The SMILES string of the molecule is COCC(O)c1cccc(OC)c1F. The van der Waals surface area contributed by atoms with Gasteiger partial charge in [-0.3, -0.25) is 0 Å². The largest absolute Gasteiger partial charge is 0.494 e. The minimum Gasteiger partial charge on any atom is -0.494 e. The third-order valence-electron chi connectivity index (χ3n) is 1.90. The van der Waals surface area contributed by atoms with Crippen LogP contribution >= 0.6 is 0 Å². The molecule has 1 aromatic carbocycles. The summed E-state index contributed by atoms with van der Waals surface area (Å²) in [6.07, 6.45) is -0.963. The Bertz CT molecular complexity index is 301. The minimum atomic E-state index is -0.963. The summed E-state index contributed by atoms with van der Waals surface area (Å²) < 4.78 is 23.0. The molecule has 0 amide bonds. The molecule has 0 fully saturated rings. The first-order chi connectivity index (χ1) is 6.70. The Morgan fingerprint density at radius 3 is 2.71 bits per heavy atom.